The standard InChI is InChI=1S/C11H13ClN4O3.C2HF3O2/c12-9-5-8(16(18)19)1-2-10(9)14-11(17)15-4-3-7(13)6-15;3-2(4,5)1(6)7/h1-2,5,7H,3-4,6,13H2,(H,14,17);(H,6,7). The number of halogens is 4. The van der Waals surface area contributed by atoms with Crippen LogP contribution in [0.3, 0.4) is 0 Å². The van der Waals surface area contributed by atoms with E-state index in [-0.39, 0.29) is 22.8 Å². The Kier molecular flexibility index (Phi) is 7.15. The van der Waals surface area contributed by atoms with E-state index in [4.69, 9.17) is 27.2 Å². The summed E-state index contributed by atoms with van der Waals surface area (Å²) in [4.78, 5) is 32.4. The first kappa shape index (κ1) is 21.4. The number of alkyl halides is 3. The highest BCUT2D eigenvalue weighted by molar-refractivity contribution is 6.33. The molecule has 0 radical (unpaired) electrons. The zero-order valence-electron chi connectivity index (χ0n) is 13.0. The SMILES string of the molecule is NC1CCN(C(=O)Nc2ccc([N+](=O)[O-])cc2Cl)C1.O=C(O)C(F)(F)F. The maximum Gasteiger partial charge on any atom is 0.490 e. The van der Waals surface area contributed by atoms with Crippen molar-refractivity contribution in [2.24, 2.45) is 5.73 Å². The predicted octanol–water partition coefficient (Wildman–Crippen LogP) is 2.45. The summed E-state index contributed by atoms with van der Waals surface area (Å²) in [5, 5.41) is 20.4. The van der Waals surface area contributed by atoms with Gasteiger partial charge in [-0.05, 0) is 12.5 Å². The molecule has 0 aliphatic carbocycles. The topological polar surface area (TPSA) is 139 Å². The van der Waals surface area contributed by atoms with Gasteiger partial charge in [0, 0.05) is 31.3 Å². The van der Waals surface area contributed by atoms with E-state index in [1.807, 2.05) is 0 Å². The number of aliphatic carboxylic acids is 1. The number of likely N-dealkylation sites (tertiary alicyclic amines) is 1. The molecule has 0 bridgehead atoms. The van der Waals surface area contributed by atoms with Gasteiger partial charge in [-0.25, -0.2) is 9.59 Å². The molecule has 0 saturated carbocycles. The van der Waals surface area contributed by atoms with Crippen LogP contribution in [0.25, 0.3) is 0 Å². The number of amides is 2. The number of non-ortho nitro benzene ring substituents is 1. The second-order valence-corrected chi connectivity index (χ2v) is 5.56. The first-order valence-corrected chi connectivity index (χ1v) is 7.35. The van der Waals surface area contributed by atoms with Gasteiger partial charge in [0.05, 0.1) is 15.6 Å². The van der Waals surface area contributed by atoms with E-state index in [1.165, 1.54) is 18.2 Å². The summed E-state index contributed by atoms with van der Waals surface area (Å²) in [6.07, 6.45) is -4.32. The smallest absolute Gasteiger partial charge is 0.475 e. The Balaban J connectivity index is 0.000000412. The van der Waals surface area contributed by atoms with E-state index in [0.717, 1.165) is 6.42 Å². The van der Waals surface area contributed by atoms with E-state index < -0.39 is 17.1 Å². The van der Waals surface area contributed by atoms with Gasteiger partial charge in [0.15, 0.2) is 0 Å². The van der Waals surface area contributed by atoms with Gasteiger partial charge in [-0.2, -0.15) is 13.2 Å². The van der Waals surface area contributed by atoms with Crippen LogP contribution in [-0.4, -0.2) is 52.2 Å². The molecule has 1 aliphatic rings. The number of nitro benzene ring substituents is 1. The van der Waals surface area contributed by atoms with Crippen LogP contribution in [0, 0.1) is 10.1 Å². The maximum absolute atomic E-state index is 11.9. The lowest BCUT2D eigenvalue weighted by atomic mass is 10.3. The van der Waals surface area contributed by atoms with E-state index in [1.54, 1.807) is 4.90 Å². The van der Waals surface area contributed by atoms with Crippen LogP contribution in [0.1, 0.15) is 6.42 Å². The van der Waals surface area contributed by atoms with Crippen LogP contribution in [0.5, 0.6) is 0 Å². The van der Waals surface area contributed by atoms with Crippen molar-refractivity contribution >= 4 is 35.0 Å². The monoisotopic (exact) mass is 398 g/mol. The fraction of sp³-hybridized carbons (Fsp3) is 0.385. The molecule has 13 heteroatoms. The highest BCUT2D eigenvalue weighted by Crippen LogP contribution is 2.27. The summed E-state index contributed by atoms with van der Waals surface area (Å²) < 4.78 is 31.7. The van der Waals surface area contributed by atoms with Crippen molar-refractivity contribution in [3.05, 3.63) is 33.3 Å². The second kappa shape index (κ2) is 8.67. The van der Waals surface area contributed by atoms with E-state index in [0.29, 0.717) is 18.8 Å². The Morgan fingerprint density at radius 2 is 2.00 bits per heavy atom. The third-order valence-corrected chi connectivity index (χ3v) is 3.47. The van der Waals surface area contributed by atoms with Gasteiger partial charge in [0.1, 0.15) is 0 Å². The molecule has 1 atom stereocenters. The molecule has 2 amide bonds. The minimum absolute atomic E-state index is 0.00178. The fourth-order valence-electron chi connectivity index (χ4n) is 1.88. The number of urea groups is 1. The third kappa shape index (κ3) is 6.37. The molecule has 144 valence electrons. The number of nitrogens with one attached hydrogen (secondary N) is 1. The number of nitrogens with zero attached hydrogens (tertiary/aromatic N) is 2. The molecular weight excluding hydrogens is 385 g/mol. The van der Waals surface area contributed by atoms with Gasteiger partial charge in [0.2, 0.25) is 0 Å². The first-order valence-electron chi connectivity index (χ1n) is 6.97. The number of anilines is 1. The first-order chi connectivity index (χ1) is 11.9. The lowest BCUT2D eigenvalue weighted by Crippen LogP contribution is -2.35. The van der Waals surface area contributed by atoms with Gasteiger partial charge >= 0.3 is 18.2 Å². The summed E-state index contributed by atoms with van der Waals surface area (Å²) in [6.45, 7) is 1.09. The summed E-state index contributed by atoms with van der Waals surface area (Å²) >= 11 is 5.89. The largest absolute Gasteiger partial charge is 0.490 e. The van der Waals surface area contributed by atoms with Crippen molar-refractivity contribution in [3.8, 4) is 0 Å². The molecule has 2 rings (SSSR count). The van der Waals surface area contributed by atoms with Crippen LogP contribution in [0.2, 0.25) is 5.02 Å². The highest BCUT2D eigenvalue weighted by Gasteiger charge is 2.38. The molecule has 0 aromatic heterocycles. The van der Waals surface area contributed by atoms with E-state index in [2.05, 4.69) is 5.32 Å². The van der Waals surface area contributed by atoms with Crippen molar-refractivity contribution in [3.63, 3.8) is 0 Å². The van der Waals surface area contributed by atoms with Crippen LogP contribution >= 0.6 is 11.6 Å². The number of nitrogens with two attached hydrogens (primary N) is 1. The normalized spacial score (nSPS) is 16.5. The number of benzene rings is 1. The lowest BCUT2D eigenvalue weighted by Gasteiger charge is -2.17. The molecular formula is C13H14ClF3N4O5. The number of nitro groups is 1. The van der Waals surface area contributed by atoms with E-state index in [9.17, 15) is 28.1 Å². The maximum atomic E-state index is 11.9. The third-order valence-electron chi connectivity index (χ3n) is 3.16. The molecule has 1 unspecified atom stereocenters. The quantitative estimate of drug-likeness (QED) is 0.516. The average Bonchev–Trinajstić information content (AvgIpc) is 2.95. The minimum Gasteiger partial charge on any atom is -0.475 e. The fourth-order valence-corrected chi connectivity index (χ4v) is 2.11. The van der Waals surface area contributed by atoms with Gasteiger partial charge in [0.25, 0.3) is 5.69 Å². The highest BCUT2D eigenvalue weighted by atomic mass is 35.5. The summed E-state index contributed by atoms with van der Waals surface area (Å²) in [5.41, 5.74) is 5.94. The zero-order valence-corrected chi connectivity index (χ0v) is 13.8. The number of carboxylic acids is 1. The van der Waals surface area contributed by atoms with Crippen molar-refractivity contribution < 1.29 is 32.8 Å². The van der Waals surface area contributed by atoms with E-state index >= 15 is 0 Å². The summed E-state index contributed by atoms with van der Waals surface area (Å²) in [5.74, 6) is -2.76. The molecule has 1 aliphatic heterocycles. The molecule has 0 spiro atoms. The number of hydrogen-bond acceptors (Lipinski definition) is 5. The van der Waals surface area contributed by atoms with Gasteiger partial charge in [-0.3, -0.25) is 10.1 Å². The Bertz CT molecular complexity index is 701. The molecule has 1 saturated heterocycles. The molecule has 1 heterocycles. The van der Waals surface area contributed by atoms with Crippen molar-refractivity contribution in [1.29, 1.82) is 0 Å². The number of hydrogen-bond donors (Lipinski definition) is 3. The molecule has 1 aromatic rings. The summed E-state index contributed by atoms with van der Waals surface area (Å²) in [7, 11) is 0. The Hall–Kier alpha value is -2.60. The molecule has 1 aromatic carbocycles. The lowest BCUT2D eigenvalue weighted by molar-refractivity contribution is -0.384. The van der Waals surface area contributed by atoms with Gasteiger partial charge in [-0.15, -0.1) is 0 Å². The second-order valence-electron chi connectivity index (χ2n) is 5.15. The Morgan fingerprint density at radius 1 is 1.42 bits per heavy atom. The zero-order chi connectivity index (χ0) is 20.1. The van der Waals surface area contributed by atoms with Crippen molar-refractivity contribution in [2.75, 3.05) is 18.4 Å². The van der Waals surface area contributed by atoms with Crippen LogP contribution in [0.4, 0.5) is 29.3 Å². The Morgan fingerprint density at radius 3 is 2.38 bits per heavy atom. The van der Waals surface area contributed by atoms with Gasteiger partial charge < -0.3 is 21.1 Å². The van der Waals surface area contributed by atoms with Gasteiger partial charge in [-0.1, -0.05) is 11.6 Å². The summed E-state index contributed by atoms with van der Waals surface area (Å²) in [6, 6.07) is 3.60. The molecule has 26 heavy (non-hydrogen) atoms. The number of carbonyl (C=O) groups excluding carboxylic acids is 1. The molecule has 1 fully saturated rings. The van der Waals surface area contributed by atoms with Crippen molar-refractivity contribution in [2.45, 2.75) is 18.6 Å². The Labute approximate surface area is 149 Å². The van der Waals surface area contributed by atoms with Crippen LogP contribution < -0.4 is 11.1 Å². The van der Waals surface area contributed by atoms with Crippen LogP contribution in [-0.2, 0) is 4.79 Å². The molecule has 9 nitrogen and oxygen atoms in total. The predicted molar refractivity (Wildman–Crippen MR) is 85.0 cm³/mol. The van der Waals surface area contributed by atoms with Crippen molar-refractivity contribution in [1.82, 2.24) is 4.90 Å². The number of carboxylic acid groups (broad SMARTS) is 1. The number of rotatable bonds is 2. The minimum atomic E-state index is -5.08. The molecule has 4 N–H and O–H groups in total. The number of carbonyl (C=O) groups is 2. The average molecular weight is 399 g/mol. The van der Waals surface area contributed by atoms with Crippen LogP contribution in [0.15, 0.2) is 18.2 Å².